The Balaban J connectivity index is 4.35. The fourth-order valence-corrected chi connectivity index (χ4v) is 6.53. The molecular weight excluding hydrogens is 259 g/mol. The molecule has 0 aromatic rings. The summed E-state index contributed by atoms with van der Waals surface area (Å²) in [6, 6.07) is 0.283. The Morgan fingerprint density at radius 1 is 1.44 bits per heavy atom. The number of rotatable bonds is 8. The van der Waals surface area contributed by atoms with Gasteiger partial charge in [0.25, 0.3) is 0 Å². The van der Waals surface area contributed by atoms with Crippen LogP contribution >= 0.6 is 17.0 Å². The first kappa shape index (κ1) is 16.4. The summed E-state index contributed by atoms with van der Waals surface area (Å²) in [5.41, 5.74) is -2.00. The topological polar surface area (TPSA) is 33.6 Å². The molecule has 0 bridgehead atoms. The van der Waals surface area contributed by atoms with Gasteiger partial charge in [-0.05, 0) is 32.1 Å². The van der Waals surface area contributed by atoms with Crippen LogP contribution in [-0.2, 0) is 16.3 Å². The smallest absolute Gasteiger partial charge is 0.211 e. The lowest BCUT2D eigenvalue weighted by atomic mass is 10.4. The Labute approximate surface area is 109 Å². The molecule has 0 aliphatic rings. The Hall–Kier alpha value is 0.430. The first-order chi connectivity index (χ1) is 7.39. The predicted octanol–water partition coefficient (Wildman–Crippen LogP) is 3.81. The second-order valence-electron chi connectivity index (χ2n) is 3.99. The first-order valence-corrected chi connectivity index (χ1v) is 9.82. The summed E-state index contributed by atoms with van der Waals surface area (Å²) in [7, 11) is 0. The van der Waals surface area contributed by atoms with Gasteiger partial charge in [-0.1, -0.05) is 32.2 Å². The molecule has 0 fully saturated rings. The molecule has 0 saturated carbocycles. The molecule has 0 spiro atoms. The molecule has 0 aromatic heterocycles. The van der Waals surface area contributed by atoms with Crippen LogP contribution in [0, 0.1) is 0 Å². The Kier molecular flexibility index (Phi) is 8.74. The van der Waals surface area contributed by atoms with E-state index in [1.165, 1.54) is 0 Å². The van der Waals surface area contributed by atoms with E-state index in [4.69, 9.17) is 16.3 Å². The minimum atomic E-state index is -2.00. The lowest BCUT2D eigenvalue weighted by Gasteiger charge is -2.22. The van der Waals surface area contributed by atoms with Crippen molar-refractivity contribution in [1.82, 2.24) is 5.09 Å². The zero-order valence-electron chi connectivity index (χ0n) is 10.8. The molecule has 0 aromatic carbocycles. The van der Waals surface area contributed by atoms with E-state index in [0.29, 0.717) is 11.9 Å². The van der Waals surface area contributed by atoms with Gasteiger partial charge in [-0.15, -0.1) is 0 Å². The highest BCUT2D eigenvalue weighted by molar-refractivity contribution is 8.69. The molecule has 1 unspecified atom stereocenters. The maximum Gasteiger partial charge on any atom is 0.211 e. The number of hydrogen-bond acceptors (Lipinski definition) is 4. The van der Waals surface area contributed by atoms with E-state index < -0.39 is 5.62 Å². The van der Waals surface area contributed by atoms with Crippen LogP contribution in [0.4, 0.5) is 0 Å². The van der Waals surface area contributed by atoms with Gasteiger partial charge < -0.3 is 9.61 Å². The average Bonchev–Trinajstić information content (AvgIpc) is 2.13. The molecule has 0 rings (SSSR count). The monoisotopic (exact) mass is 282 g/mol. The zero-order chi connectivity index (χ0) is 12.6. The van der Waals surface area contributed by atoms with Gasteiger partial charge in [-0.2, -0.15) is 0 Å². The molecule has 0 saturated heterocycles. The van der Waals surface area contributed by atoms with E-state index >= 15 is 0 Å². The molecule has 6 heteroatoms. The van der Waals surface area contributed by atoms with Crippen LogP contribution in [0.3, 0.4) is 0 Å². The average molecular weight is 282 g/mol. The van der Waals surface area contributed by atoms with Gasteiger partial charge in [0.15, 0.2) is 0 Å². The highest BCUT2D eigenvalue weighted by Gasteiger charge is 2.18. The molecular formula is C10H23N2OPS2. The largest absolute Gasteiger partial charge is 0.326 e. The summed E-state index contributed by atoms with van der Waals surface area (Å²) in [5.74, 6) is 0. The molecule has 1 N–H and O–H groups in total. The van der Waals surface area contributed by atoms with E-state index in [-0.39, 0.29) is 6.04 Å². The highest BCUT2D eigenvalue weighted by Crippen LogP contribution is 2.57. The van der Waals surface area contributed by atoms with E-state index in [1.54, 1.807) is 17.7 Å². The molecule has 16 heavy (non-hydrogen) atoms. The summed E-state index contributed by atoms with van der Waals surface area (Å²) < 4.78 is 5.76. The minimum Gasteiger partial charge on any atom is -0.326 e. The summed E-state index contributed by atoms with van der Waals surface area (Å²) in [6.07, 6.45) is 2.69. The number of aliphatic imine (C=N–C) groups is 1. The third kappa shape index (κ3) is 8.57. The van der Waals surface area contributed by atoms with Gasteiger partial charge in [0.05, 0.1) is 12.9 Å². The van der Waals surface area contributed by atoms with Crippen LogP contribution in [0.5, 0.6) is 0 Å². The van der Waals surface area contributed by atoms with Crippen molar-refractivity contribution in [3.8, 4) is 0 Å². The van der Waals surface area contributed by atoms with Gasteiger partial charge in [-0.3, -0.25) is 4.99 Å². The van der Waals surface area contributed by atoms with Gasteiger partial charge in [0, 0.05) is 11.3 Å². The fraction of sp³-hybridized carbons (Fsp3) is 0.900. The summed E-state index contributed by atoms with van der Waals surface area (Å²) in [5, 5.41) is 3.63. The van der Waals surface area contributed by atoms with Crippen LogP contribution in [0.25, 0.3) is 0 Å². The lowest BCUT2D eigenvalue weighted by molar-refractivity contribution is 0.356. The van der Waals surface area contributed by atoms with Crippen LogP contribution in [0.2, 0.25) is 0 Å². The van der Waals surface area contributed by atoms with Crippen molar-refractivity contribution in [2.24, 2.45) is 4.99 Å². The van der Waals surface area contributed by atoms with Gasteiger partial charge in [0.2, 0.25) is 5.62 Å². The Morgan fingerprint density at radius 2 is 2.06 bits per heavy atom. The Bertz CT molecular complexity index is 257. The van der Waals surface area contributed by atoms with Gasteiger partial charge in [0.1, 0.15) is 0 Å². The molecule has 1 atom stereocenters. The van der Waals surface area contributed by atoms with E-state index in [1.807, 2.05) is 13.8 Å². The summed E-state index contributed by atoms with van der Waals surface area (Å²) in [4.78, 5) is 4.26. The lowest BCUT2D eigenvalue weighted by Crippen LogP contribution is -2.11. The summed E-state index contributed by atoms with van der Waals surface area (Å²) >= 11 is 7.24. The maximum absolute atomic E-state index is 5.76. The predicted molar refractivity (Wildman–Crippen MR) is 80.0 cm³/mol. The maximum atomic E-state index is 5.76. The zero-order valence-corrected chi connectivity index (χ0v) is 13.3. The third-order valence-electron chi connectivity index (χ3n) is 1.40. The van der Waals surface area contributed by atoms with Crippen molar-refractivity contribution in [1.29, 1.82) is 0 Å². The van der Waals surface area contributed by atoms with Crippen molar-refractivity contribution < 1.29 is 4.52 Å². The molecule has 0 heterocycles. The van der Waals surface area contributed by atoms with Crippen LogP contribution in [0.1, 0.15) is 41.0 Å². The van der Waals surface area contributed by atoms with Crippen molar-refractivity contribution in [2.45, 2.75) is 52.3 Å². The van der Waals surface area contributed by atoms with Crippen LogP contribution in [-0.4, -0.2) is 24.2 Å². The van der Waals surface area contributed by atoms with Crippen molar-refractivity contribution in [3.05, 3.63) is 0 Å². The molecule has 0 amide bonds. The number of nitrogens with one attached hydrogen (secondary N) is 1. The highest BCUT2D eigenvalue weighted by atomic mass is 32.9. The van der Waals surface area contributed by atoms with Crippen molar-refractivity contribution in [2.75, 3.05) is 6.61 Å². The second-order valence-corrected chi connectivity index (χ2v) is 11.1. The van der Waals surface area contributed by atoms with Crippen LogP contribution in [0.15, 0.2) is 4.99 Å². The second kappa shape index (κ2) is 8.51. The van der Waals surface area contributed by atoms with Gasteiger partial charge >= 0.3 is 0 Å². The molecule has 0 radical (unpaired) electrons. The first-order valence-electron chi connectivity index (χ1n) is 5.62. The van der Waals surface area contributed by atoms with Crippen molar-refractivity contribution >= 4 is 35.1 Å². The normalized spacial score (nSPS) is 15.9. The van der Waals surface area contributed by atoms with Gasteiger partial charge in [-0.25, -0.2) is 0 Å². The quantitative estimate of drug-likeness (QED) is 0.417. The van der Waals surface area contributed by atoms with E-state index in [2.05, 4.69) is 30.9 Å². The Morgan fingerprint density at radius 3 is 2.50 bits per heavy atom. The summed E-state index contributed by atoms with van der Waals surface area (Å²) in [6.45, 7) is 11.1. The fourth-order valence-electron chi connectivity index (χ4n) is 0.840. The number of nitrogens with zero attached hydrogens (tertiary/aromatic N) is 1. The number of hydrogen-bond donors (Lipinski definition) is 1. The standard InChI is InChI=1S/C10H23N2OPS2/c1-6-7-13-14(15,16-10(4)5)12-8-11-9(2)3/h8-10H,6-7H2,1-5H3,(H,11,12,15). The SMILES string of the molecule is CCCOP(=S)(NC=NC(C)C)SC(C)C. The van der Waals surface area contributed by atoms with E-state index in [9.17, 15) is 0 Å². The van der Waals surface area contributed by atoms with Crippen molar-refractivity contribution in [3.63, 3.8) is 0 Å². The third-order valence-corrected chi connectivity index (χ3v) is 7.19. The molecule has 0 aliphatic heterocycles. The minimum absolute atomic E-state index is 0.283. The molecule has 0 aliphatic carbocycles. The van der Waals surface area contributed by atoms with E-state index in [0.717, 1.165) is 6.42 Å². The molecule has 3 nitrogen and oxygen atoms in total. The van der Waals surface area contributed by atoms with Crippen LogP contribution < -0.4 is 5.09 Å². The molecule has 96 valence electrons.